The van der Waals surface area contributed by atoms with Crippen LogP contribution in [0.15, 0.2) is 18.2 Å². The van der Waals surface area contributed by atoms with Crippen LogP contribution < -0.4 is 5.73 Å². The molecule has 2 N–H and O–H groups in total. The first-order chi connectivity index (χ1) is 8.66. The molecule has 1 aliphatic rings. The number of nitrogen functional groups attached to an aromatic ring is 1. The predicted octanol–water partition coefficient (Wildman–Crippen LogP) is 2.59. The molecule has 0 radical (unpaired) electrons. The fourth-order valence-electron chi connectivity index (χ4n) is 1.94. The van der Waals surface area contributed by atoms with E-state index in [1.807, 2.05) is 0 Å². The van der Waals surface area contributed by atoms with Gasteiger partial charge in [-0.15, -0.1) is 0 Å². The van der Waals surface area contributed by atoms with E-state index in [4.69, 9.17) is 10.5 Å². The Labute approximate surface area is 110 Å². The fourth-order valence-corrected chi connectivity index (χ4v) is 3.00. The maximum absolute atomic E-state index is 10.6. The average Bonchev–Trinajstić information content (AvgIpc) is 2.81. The molecule has 0 aromatic heterocycles. The van der Waals surface area contributed by atoms with Crippen LogP contribution in [0.2, 0.25) is 0 Å². The van der Waals surface area contributed by atoms with Crippen LogP contribution in [0.4, 0.5) is 11.4 Å². The molecule has 5 nitrogen and oxygen atoms in total. The van der Waals surface area contributed by atoms with Gasteiger partial charge in [0, 0.05) is 24.2 Å². The summed E-state index contributed by atoms with van der Waals surface area (Å²) in [6, 6.07) is 4.91. The van der Waals surface area contributed by atoms with Gasteiger partial charge in [0.25, 0.3) is 5.69 Å². The van der Waals surface area contributed by atoms with Crippen LogP contribution in [-0.2, 0) is 10.5 Å². The summed E-state index contributed by atoms with van der Waals surface area (Å²) < 4.78 is 5.53. The molecule has 1 aromatic rings. The summed E-state index contributed by atoms with van der Waals surface area (Å²) in [6.07, 6.45) is 2.65. The second-order valence-corrected chi connectivity index (χ2v) is 5.33. The quantitative estimate of drug-likeness (QED) is 0.504. The minimum absolute atomic E-state index is 0.0251. The molecule has 2 rings (SSSR count). The maximum Gasteiger partial charge on any atom is 0.292 e. The minimum Gasteiger partial charge on any atom is -0.393 e. The Hall–Kier alpha value is -1.27. The van der Waals surface area contributed by atoms with Crippen molar-refractivity contribution in [3.05, 3.63) is 33.9 Å². The molecule has 0 bridgehead atoms. The molecule has 0 spiro atoms. The normalized spacial score (nSPS) is 19.0. The molecule has 1 heterocycles. The Kier molecular flexibility index (Phi) is 4.43. The molecule has 1 saturated heterocycles. The van der Waals surface area contributed by atoms with E-state index < -0.39 is 4.92 Å². The number of thioether (sulfide) groups is 1. The van der Waals surface area contributed by atoms with E-state index in [2.05, 4.69) is 0 Å². The third kappa shape index (κ3) is 3.36. The van der Waals surface area contributed by atoms with E-state index in [0.29, 0.717) is 6.10 Å². The number of benzene rings is 1. The highest BCUT2D eigenvalue weighted by molar-refractivity contribution is 7.98. The van der Waals surface area contributed by atoms with E-state index in [0.717, 1.165) is 36.5 Å². The van der Waals surface area contributed by atoms with Crippen molar-refractivity contribution in [2.45, 2.75) is 24.7 Å². The summed E-state index contributed by atoms with van der Waals surface area (Å²) in [4.78, 5) is 10.2. The van der Waals surface area contributed by atoms with Crippen LogP contribution in [0.5, 0.6) is 0 Å². The summed E-state index contributed by atoms with van der Waals surface area (Å²) in [5.74, 6) is 1.78. The van der Waals surface area contributed by atoms with Gasteiger partial charge in [-0.3, -0.25) is 10.1 Å². The highest BCUT2D eigenvalue weighted by Gasteiger charge is 2.15. The van der Waals surface area contributed by atoms with Gasteiger partial charge in [-0.05, 0) is 24.5 Å². The van der Waals surface area contributed by atoms with Crippen molar-refractivity contribution in [3.8, 4) is 0 Å². The summed E-state index contributed by atoms with van der Waals surface area (Å²) in [6.45, 7) is 0.871. The Bertz CT molecular complexity index is 433. The summed E-state index contributed by atoms with van der Waals surface area (Å²) >= 11 is 1.78. The number of nitrogens with two attached hydrogens (primary N) is 1. The van der Waals surface area contributed by atoms with Gasteiger partial charge in [0.15, 0.2) is 0 Å². The van der Waals surface area contributed by atoms with Crippen molar-refractivity contribution in [2.75, 3.05) is 18.1 Å². The zero-order valence-electron chi connectivity index (χ0n) is 10.0. The lowest BCUT2D eigenvalue weighted by Crippen LogP contribution is -2.08. The molecule has 1 fully saturated rings. The molecular weight excluding hydrogens is 252 g/mol. The first-order valence-corrected chi connectivity index (χ1v) is 7.04. The van der Waals surface area contributed by atoms with Crippen LogP contribution in [0.25, 0.3) is 0 Å². The molecular formula is C12H16N2O3S. The van der Waals surface area contributed by atoms with E-state index in [-0.39, 0.29) is 11.4 Å². The summed E-state index contributed by atoms with van der Waals surface area (Å²) in [5.41, 5.74) is 6.86. The standard InChI is InChI=1S/C12H16N2O3S/c13-11-6-9(3-4-12(11)14(15)16)7-18-8-10-2-1-5-17-10/h3-4,6,10H,1-2,5,7-8,13H2. The van der Waals surface area contributed by atoms with Gasteiger partial charge in [0.1, 0.15) is 5.69 Å². The van der Waals surface area contributed by atoms with Gasteiger partial charge >= 0.3 is 0 Å². The molecule has 18 heavy (non-hydrogen) atoms. The maximum atomic E-state index is 10.6. The molecule has 0 aliphatic carbocycles. The number of ether oxygens (including phenoxy) is 1. The second-order valence-electron chi connectivity index (χ2n) is 4.30. The second kappa shape index (κ2) is 6.06. The molecule has 0 saturated carbocycles. The largest absolute Gasteiger partial charge is 0.393 e. The van der Waals surface area contributed by atoms with Crippen molar-refractivity contribution in [3.63, 3.8) is 0 Å². The van der Waals surface area contributed by atoms with Gasteiger partial charge in [-0.25, -0.2) is 0 Å². The van der Waals surface area contributed by atoms with E-state index in [1.54, 1.807) is 23.9 Å². The van der Waals surface area contributed by atoms with Crippen molar-refractivity contribution in [2.24, 2.45) is 0 Å². The van der Waals surface area contributed by atoms with Crippen molar-refractivity contribution < 1.29 is 9.66 Å². The summed E-state index contributed by atoms with van der Waals surface area (Å²) in [5, 5.41) is 10.6. The smallest absolute Gasteiger partial charge is 0.292 e. The van der Waals surface area contributed by atoms with Gasteiger partial charge < -0.3 is 10.5 Å². The van der Waals surface area contributed by atoms with Crippen molar-refractivity contribution in [1.82, 2.24) is 0 Å². The zero-order chi connectivity index (χ0) is 13.0. The predicted molar refractivity (Wildman–Crippen MR) is 72.6 cm³/mol. The zero-order valence-corrected chi connectivity index (χ0v) is 10.8. The Morgan fingerprint density at radius 1 is 1.56 bits per heavy atom. The fraction of sp³-hybridized carbons (Fsp3) is 0.500. The van der Waals surface area contributed by atoms with E-state index >= 15 is 0 Å². The first kappa shape index (κ1) is 13.2. The summed E-state index contributed by atoms with van der Waals surface area (Å²) in [7, 11) is 0. The molecule has 1 unspecified atom stereocenters. The average molecular weight is 268 g/mol. The number of nitro groups is 1. The lowest BCUT2D eigenvalue weighted by atomic mass is 10.2. The molecule has 1 aliphatic heterocycles. The monoisotopic (exact) mass is 268 g/mol. The SMILES string of the molecule is Nc1cc(CSCC2CCCO2)ccc1[N+](=O)[O-]. The molecule has 1 aromatic carbocycles. The lowest BCUT2D eigenvalue weighted by molar-refractivity contribution is -0.383. The van der Waals surface area contributed by atoms with Crippen molar-refractivity contribution in [1.29, 1.82) is 0 Å². The third-order valence-electron chi connectivity index (χ3n) is 2.89. The van der Waals surface area contributed by atoms with E-state index in [9.17, 15) is 10.1 Å². The van der Waals surface area contributed by atoms with Crippen LogP contribution in [0.1, 0.15) is 18.4 Å². The number of hydrogen-bond acceptors (Lipinski definition) is 5. The minimum atomic E-state index is -0.460. The number of nitrogens with zero attached hydrogens (tertiary/aromatic N) is 1. The Morgan fingerprint density at radius 3 is 3.00 bits per heavy atom. The highest BCUT2D eigenvalue weighted by Crippen LogP contribution is 2.25. The van der Waals surface area contributed by atoms with Crippen LogP contribution in [-0.4, -0.2) is 23.4 Å². The number of rotatable bonds is 5. The molecule has 6 heteroatoms. The van der Waals surface area contributed by atoms with Gasteiger partial charge in [-0.1, -0.05) is 6.07 Å². The number of anilines is 1. The first-order valence-electron chi connectivity index (χ1n) is 5.89. The van der Waals surface area contributed by atoms with Gasteiger partial charge in [-0.2, -0.15) is 11.8 Å². The molecule has 98 valence electrons. The third-order valence-corrected chi connectivity index (χ3v) is 4.03. The highest BCUT2D eigenvalue weighted by atomic mass is 32.2. The Balaban J connectivity index is 1.85. The Morgan fingerprint density at radius 2 is 2.39 bits per heavy atom. The van der Waals surface area contributed by atoms with E-state index in [1.165, 1.54) is 6.07 Å². The number of nitro benzene ring substituents is 1. The van der Waals surface area contributed by atoms with Crippen LogP contribution in [0, 0.1) is 10.1 Å². The van der Waals surface area contributed by atoms with Crippen molar-refractivity contribution >= 4 is 23.1 Å². The molecule has 0 amide bonds. The lowest BCUT2D eigenvalue weighted by Gasteiger charge is -2.08. The van der Waals surface area contributed by atoms with Gasteiger partial charge in [0.2, 0.25) is 0 Å². The van der Waals surface area contributed by atoms with Crippen LogP contribution in [0.3, 0.4) is 0 Å². The topological polar surface area (TPSA) is 78.4 Å². The van der Waals surface area contributed by atoms with Crippen LogP contribution >= 0.6 is 11.8 Å². The number of hydrogen-bond donors (Lipinski definition) is 1. The molecule has 1 atom stereocenters. The van der Waals surface area contributed by atoms with Gasteiger partial charge in [0.05, 0.1) is 11.0 Å².